The Bertz CT molecular complexity index is 747. The number of nitrogens with zero attached hydrogens (tertiary/aromatic N) is 2. The predicted molar refractivity (Wildman–Crippen MR) is 127 cm³/mol. The number of hydrogen-bond donors (Lipinski definition) is 0. The molecule has 0 atom stereocenters. The zero-order valence-corrected chi connectivity index (χ0v) is 19.5. The minimum atomic E-state index is 0. The van der Waals surface area contributed by atoms with Crippen molar-refractivity contribution in [3.8, 4) is 11.5 Å². The molecule has 1 saturated heterocycles. The summed E-state index contributed by atoms with van der Waals surface area (Å²) in [7, 11) is 1.74. The van der Waals surface area contributed by atoms with Crippen LogP contribution in [-0.4, -0.2) is 51.3 Å². The van der Waals surface area contributed by atoms with Crippen LogP contribution >= 0.6 is 24.8 Å². The van der Waals surface area contributed by atoms with E-state index in [1.54, 1.807) is 7.11 Å². The molecule has 0 spiro atoms. The molecule has 4 nitrogen and oxygen atoms in total. The van der Waals surface area contributed by atoms with Gasteiger partial charge < -0.3 is 14.4 Å². The second kappa shape index (κ2) is 12.2. The van der Waals surface area contributed by atoms with E-state index < -0.39 is 0 Å². The lowest BCUT2D eigenvalue weighted by Crippen LogP contribution is -2.47. The van der Waals surface area contributed by atoms with Gasteiger partial charge in [0.05, 0.1) is 12.8 Å². The summed E-state index contributed by atoms with van der Waals surface area (Å²) in [5.41, 5.74) is 3.73. The third-order valence-corrected chi connectivity index (χ3v) is 5.25. The number of halogens is 2. The van der Waals surface area contributed by atoms with Gasteiger partial charge in [-0.2, -0.15) is 0 Å². The van der Waals surface area contributed by atoms with Crippen molar-refractivity contribution < 1.29 is 9.47 Å². The molecule has 0 N–H and O–H groups in total. The molecule has 162 valence electrons. The molecule has 2 aromatic rings. The molecule has 0 aromatic heterocycles. The van der Waals surface area contributed by atoms with Gasteiger partial charge in [0.1, 0.15) is 18.1 Å². The molecule has 1 fully saturated rings. The van der Waals surface area contributed by atoms with E-state index >= 15 is 0 Å². The normalized spacial score (nSPS) is 14.2. The monoisotopic (exact) mass is 440 g/mol. The number of methoxy groups -OCH3 is 1. The van der Waals surface area contributed by atoms with E-state index in [1.807, 2.05) is 12.1 Å². The van der Waals surface area contributed by atoms with Gasteiger partial charge >= 0.3 is 0 Å². The lowest BCUT2D eigenvalue weighted by Gasteiger charge is -2.36. The molecule has 0 saturated carbocycles. The standard InChI is InChI=1S/C23H32N2O2.2ClH/c1-18(2)20-10-9-19(3)17-23(20)27-16-15-24-11-13-25(14-12-24)21-7-5-6-8-22(21)26-4;;/h5-10,17-18H,11-16H2,1-4H3;2*1H. The summed E-state index contributed by atoms with van der Waals surface area (Å²) in [4.78, 5) is 4.89. The third-order valence-electron chi connectivity index (χ3n) is 5.25. The van der Waals surface area contributed by atoms with Gasteiger partial charge in [0.2, 0.25) is 0 Å². The average Bonchev–Trinajstić information content (AvgIpc) is 2.68. The van der Waals surface area contributed by atoms with E-state index in [2.05, 4.69) is 60.9 Å². The fourth-order valence-corrected chi connectivity index (χ4v) is 3.63. The van der Waals surface area contributed by atoms with Crippen LogP contribution in [-0.2, 0) is 0 Å². The molecule has 0 unspecified atom stereocenters. The van der Waals surface area contributed by atoms with Gasteiger partial charge in [-0.1, -0.05) is 38.1 Å². The lowest BCUT2D eigenvalue weighted by molar-refractivity contribution is 0.199. The molecule has 0 bridgehead atoms. The number of anilines is 1. The average molecular weight is 441 g/mol. The molecule has 0 radical (unpaired) electrons. The van der Waals surface area contributed by atoms with E-state index in [-0.39, 0.29) is 24.8 Å². The molecule has 2 aromatic carbocycles. The Balaban J connectivity index is 0.00000210. The van der Waals surface area contributed by atoms with Crippen molar-refractivity contribution in [1.29, 1.82) is 0 Å². The number of hydrogen-bond acceptors (Lipinski definition) is 4. The first kappa shape index (κ1) is 25.4. The summed E-state index contributed by atoms with van der Waals surface area (Å²) >= 11 is 0. The summed E-state index contributed by atoms with van der Waals surface area (Å²) in [6, 6.07) is 14.8. The number of benzene rings is 2. The summed E-state index contributed by atoms with van der Waals surface area (Å²) in [5.74, 6) is 2.47. The fraction of sp³-hybridized carbons (Fsp3) is 0.478. The van der Waals surface area contributed by atoms with Crippen LogP contribution in [0, 0.1) is 6.92 Å². The van der Waals surface area contributed by atoms with Gasteiger partial charge in [-0.05, 0) is 42.2 Å². The second-order valence-corrected chi connectivity index (χ2v) is 7.54. The molecule has 6 heteroatoms. The maximum Gasteiger partial charge on any atom is 0.142 e. The minimum Gasteiger partial charge on any atom is -0.495 e. The van der Waals surface area contributed by atoms with E-state index in [0.717, 1.165) is 50.8 Å². The first-order valence-corrected chi connectivity index (χ1v) is 9.92. The smallest absolute Gasteiger partial charge is 0.142 e. The van der Waals surface area contributed by atoms with Crippen LogP contribution in [0.2, 0.25) is 0 Å². The van der Waals surface area contributed by atoms with Gasteiger partial charge in [0.25, 0.3) is 0 Å². The van der Waals surface area contributed by atoms with Crippen LogP contribution in [0.3, 0.4) is 0 Å². The Morgan fingerprint density at radius 3 is 2.28 bits per heavy atom. The van der Waals surface area contributed by atoms with Crippen molar-refractivity contribution in [2.75, 3.05) is 51.3 Å². The molecule has 1 aliphatic rings. The van der Waals surface area contributed by atoms with Crippen LogP contribution in [0.25, 0.3) is 0 Å². The maximum atomic E-state index is 6.15. The topological polar surface area (TPSA) is 24.9 Å². The molecule has 0 amide bonds. The zero-order chi connectivity index (χ0) is 19.2. The molecular formula is C23H34Cl2N2O2. The highest BCUT2D eigenvalue weighted by molar-refractivity contribution is 5.85. The van der Waals surface area contributed by atoms with E-state index in [4.69, 9.17) is 9.47 Å². The van der Waals surface area contributed by atoms with Gasteiger partial charge in [-0.15, -0.1) is 24.8 Å². The zero-order valence-electron chi connectivity index (χ0n) is 17.9. The van der Waals surface area contributed by atoms with Gasteiger partial charge in [-0.25, -0.2) is 0 Å². The first-order valence-electron chi connectivity index (χ1n) is 9.92. The highest BCUT2D eigenvalue weighted by atomic mass is 35.5. The van der Waals surface area contributed by atoms with Crippen molar-refractivity contribution in [3.63, 3.8) is 0 Å². The van der Waals surface area contributed by atoms with E-state index in [1.165, 1.54) is 16.8 Å². The van der Waals surface area contributed by atoms with Gasteiger partial charge in [0.15, 0.2) is 0 Å². The van der Waals surface area contributed by atoms with Crippen LogP contribution in [0.1, 0.15) is 30.9 Å². The van der Waals surface area contributed by atoms with E-state index in [0.29, 0.717) is 5.92 Å². The summed E-state index contributed by atoms with van der Waals surface area (Å²) in [5, 5.41) is 0. The van der Waals surface area contributed by atoms with Crippen molar-refractivity contribution in [2.24, 2.45) is 0 Å². The molecule has 1 aliphatic heterocycles. The highest BCUT2D eigenvalue weighted by Gasteiger charge is 2.19. The third kappa shape index (κ3) is 6.70. The van der Waals surface area contributed by atoms with Crippen LogP contribution in [0.4, 0.5) is 5.69 Å². The summed E-state index contributed by atoms with van der Waals surface area (Å²) < 4.78 is 11.7. The highest BCUT2D eigenvalue weighted by Crippen LogP contribution is 2.29. The van der Waals surface area contributed by atoms with Gasteiger partial charge in [-0.3, -0.25) is 4.90 Å². The molecular weight excluding hydrogens is 407 g/mol. The summed E-state index contributed by atoms with van der Waals surface area (Å²) in [6.45, 7) is 12.4. The van der Waals surface area contributed by atoms with Crippen LogP contribution in [0.15, 0.2) is 42.5 Å². The number of piperazine rings is 1. The lowest BCUT2D eigenvalue weighted by atomic mass is 10.0. The molecule has 3 rings (SSSR count). The second-order valence-electron chi connectivity index (χ2n) is 7.54. The molecule has 29 heavy (non-hydrogen) atoms. The molecule has 0 aliphatic carbocycles. The Morgan fingerprint density at radius 1 is 0.931 bits per heavy atom. The largest absolute Gasteiger partial charge is 0.495 e. The van der Waals surface area contributed by atoms with Crippen LogP contribution < -0.4 is 14.4 Å². The Kier molecular flexibility index (Phi) is 10.7. The Labute approximate surface area is 188 Å². The molecule has 1 heterocycles. The van der Waals surface area contributed by atoms with Crippen molar-refractivity contribution in [1.82, 2.24) is 4.90 Å². The van der Waals surface area contributed by atoms with Crippen molar-refractivity contribution in [2.45, 2.75) is 26.7 Å². The first-order chi connectivity index (χ1) is 13.1. The van der Waals surface area contributed by atoms with E-state index in [9.17, 15) is 0 Å². The predicted octanol–water partition coefficient (Wildman–Crippen LogP) is 5.17. The van der Waals surface area contributed by atoms with Crippen LogP contribution in [0.5, 0.6) is 11.5 Å². The Hall–Kier alpha value is -1.62. The number of para-hydroxylation sites is 2. The Morgan fingerprint density at radius 2 is 1.62 bits per heavy atom. The summed E-state index contributed by atoms with van der Waals surface area (Å²) in [6.07, 6.45) is 0. The minimum absolute atomic E-state index is 0. The quantitative estimate of drug-likeness (QED) is 0.592. The van der Waals surface area contributed by atoms with Gasteiger partial charge in [0, 0.05) is 32.7 Å². The maximum absolute atomic E-state index is 6.15. The number of ether oxygens (including phenoxy) is 2. The number of rotatable bonds is 7. The number of aryl methyl sites for hydroxylation is 1. The van der Waals surface area contributed by atoms with Crippen molar-refractivity contribution >= 4 is 30.5 Å². The van der Waals surface area contributed by atoms with Crippen molar-refractivity contribution in [3.05, 3.63) is 53.6 Å². The fourth-order valence-electron chi connectivity index (χ4n) is 3.63. The SMILES string of the molecule is COc1ccccc1N1CCN(CCOc2cc(C)ccc2C(C)C)CC1.Cl.Cl.